The molecule has 0 heterocycles. The predicted molar refractivity (Wildman–Crippen MR) is 109 cm³/mol. The largest absolute Gasteiger partial charge is 0.496 e. The fraction of sp³-hybridized carbons (Fsp3) is 0.304. The molecule has 0 saturated carbocycles. The van der Waals surface area contributed by atoms with Gasteiger partial charge in [-0.15, -0.1) is 0 Å². The maximum absolute atomic E-state index is 11.0. The van der Waals surface area contributed by atoms with Crippen molar-refractivity contribution in [2.24, 2.45) is 5.92 Å². The van der Waals surface area contributed by atoms with Crippen LogP contribution in [0.5, 0.6) is 5.75 Å². The Morgan fingerprint density at radius 2 is 1.75 bits per heavy atom. The van der Waals surface area contributed by atoms with Gasteiger partial charge in [0.15, 0.2) is 0 Å². The molecule has 0 aromatic heterocycles. The molecule has 0 aliphatic rings. The zero-order chi connectivity index (χ0) is 20.4. The normalized spacial score (nSPS) is 12.0. The lowest BCUT2D eigenvalue weighted by Gasteiger charge is -2.14. The van der Waals surface area contributed by atoms with Gasteiger partial charge in [-0.05, 0) is 48.9 Å². The summed E-state index contributed by atoms with van der Waals surface area (Å²) in [5.41, 5.74) is 2.31. The molecule has 0 amide bonds. The molecule has 1 unspecified atom stereocenters. The molecule has 0 saturated heterocycles. The Bertz CT molecular complexity index is 808. The van der Waals surface area contributed by atoms with Crippen LogP contribution in [0, 0.1) is 5.92 Å². The van der Waals surface area contributed by atoms with Crippen LogP contribution in [0.2, 0.25) is 0 Å². The lowest BCUT2D eigenvalue weighted by Crippen LogP contribution is -2.04. The zero-order valence-electron chi connectivity index (χ0n) is 16.0. The summed E-state index contributed by atoms with van der Waals surface area (Å²) in [5, 5.41) is 17.9. The van der Waals surface area contributed by atoms with E-state index in [-0.39, 0.29) is 17.9 Å². The van der Waals surface area contributed by atoms with Gasteiger partial charge in [-0.1, -0.05) is 48.9 Å². The Morgan fingerprint density at radius 1 is 1.04 bits per heavy atom. The van der Waals surface area contributed by atoms with Crippen LogP contribution in [0.1, 0.15) is 47.2 Å². The average molecular weight is 382 g/mol. The molecule has 2 aromatic rings. The van der Waals surface area contributed by atoms with E-state index in [1.54, 1.807) is 19.2 Å². The number of carboxylic acid groups (broad SMARTS) is 2. The molecule has 0 radical (unpaired) electrons. The number of carbonyl (C=O) groups is 2. The van der Waals surface area contributed by atoms with Gasteiger partial charge in [0.25, 0.3) is 0 Å². The van der Waals surface area contributed by atoms with Gasteiger partial charge >= 0.3 is 11.9 Å². The number of hydrogen-bond donors (Lipinski definition) is 2. The summed E-state index contributed by atoms with van der Waals surface area (Å²) in [7, 11) is 1.64. The fourth-order valence-electron chi connectivity index (χ4n) is 3.08. The van der Waals surface area contributed by atoms with Gasteiger partial charge in [0, 0.05) is 12.0 Å². The van der Waals surface area contributed by atoms with Gasteiger partial charge in [-0.3, -0.25) is 4.79 Å². The SMILES string of the molecule is COc1ccccc1/C=C/C(CCCCC(=O)O)Cc1ccc(C(=O)O)cc1. The number of allylic oxidation sites excluding steroid dienone is 1. The molecule has 2 rings (SSSR count). The topological polar surface area (TPSA) is 83.8 Å². The van der Waals surface area contributed by atoms with Crippen LogP contribution in [0.25, 0.3) is 6.08 Å². The van der Waals surface area contributed by atoms with Gasteiger partial charge in [-0.25, -0.2) is 4.79 Å². The predicted octanol–water partition coefficient (Wildman–Crippen LogP) is 4.91. The third kappa shape index (κ3) is 6.91. The first-order valence-electron chi connectivity index (χ1n) is 9.35. The van der Waals surface area contributed by atoms with E-state index in [4.69, 9.17) is 14.9 Å². The van der Waals surface area contributed by atoms with Crippen LogP contribution in [-0.2, 0) is 11.2 Å². The van der Waals surface area contributed by atoms with Crippen molar-refractivity contribution in [3.63, 3.8) is 0 Å². The highest BCUT2D eigenvalue weighted by atomic mass is 16.5. The highest BCUT2D eigenvalue weighted by Crippen LogP contribution is 2.23. The Kier molecular flexibility index (Phi) is 8.28. The minimum absolute atomic E-state index is 0.177. The van der Waals surface area contributed by atoms with Crippen molar-refractivity contribution in [2.75, 3.05) is 7.11 Å². The second-order valence-corrected chi connectivity index (χ2v) is 6.71. The maximum atomic E-state index is 11.0. The van der Waals surface area contributed by atoms with Crippen molar-refractivity contribution in [3.8, 4) is 5.75 Å². The molecule has 28 heavy (non-hydrogen) atoms. The minimum atomic E-state index is -0.937. The number of aliphatic carboxylic acids is 1. The van der Waals surface area contributed by atoms with Gasteiger partial charge in [0.2, 0.25) is 0 Å². The molecule has 5 heteroatoms. The molecular formula is C23H26O5. The molecule has 0 aliphatic carbocycles. The number of para-hydroxylation sites is 1. The molecule has 2 N–H and O–H groups in total. The number of aromatic carboxylic acids is 1. The van der Waals surface area contributed by atoms with Gasteiger partial charge in [-0.2, -0.15) is 0 Å². The standard InChI is InChI=1S/C23H26O5/c1-28-21-8-4-3-7-19(21)13-10-17(6-2-5-9-22(24)25)16-18-11-14-20(15-12-18)23(26)27/h3-4,7-8,10-15,17H,2,5-6,9,16H2,1H3,(H,24,25)(H,26,27)/b13-10+. The smallest absolute Gasteiger partial charge is 0.335 e. The highest BCUT2D eigenvalue weighted by molar-refractivity contribution is 5.87. The summed E-state index contributed by atoms with van der Waals surface area (Å²) in [4.78, 5) is 21.7. The Labute approximate surface area is 165 Å². The van der Waals surface area contributed by atoms with Crippen molar-refractivity contribution in [2.45, 2.75) is 32.1 Å². The molecule has 0 spiro atoms. The molecule has 0 bridgehead atoms. The number of carboxylic acids is 2. The Morgan fingerprint density at radius 3 is 2.39 bits per heavy atom. The molecule has 0 aliphatic heterocycles. The first-order valence-corrected chi connectivity index (χ1v) is 9.35. The minimum Gasteiger partial charge on any atom is -0.496 e. The number of rotatable bonds is 11. The van der Waals surface area contributed by atoms with Crippen LogP contribution in [0.3, 0.4) is 0 Å². The third-order valence-corrected chi connectivity index (χ3v) is 4.60. The van der Waals surface area contributed by atoms with E-state index in [2.05, 4.69) is 6.08 Å². The van der Waals surface area contributed by atoms with E-state index in [1.165, 1.54) is 0 Å². The lowest BCUT2D eigenvalue weighted by molar-refractivity contribution is -0.137. The first-order chi connectivity index (χ1) is 13.5. The second kappa shape index (κ2) is 10.9. The summed E-state index contributed by atoms with van der Waals surface area (Å²) in [6, 6.07) is 14.7. The van der Waals surface area contributed by atoms with Crippen molar-refractivity contribution < 1.29 is 24.5 Å². The summed E-state index contributed by atoms with van der Waals surface area (Å²) >= 11 is 0. The molecular weight excluding hydrogens is 356 g/mol. The van der Waals surface area contributed by atoms with E-state index >= 15 is 0 Å². The van der Waals surface area contributed by atoms with Crippen LogP contribution >= 0.6 is 0 Å². The van der Waals surface area contributed by atoms with E-state index in [1.807, 2.05) is 42.5 Å². The van der Waals surface area contributed by atoms with Gasteiger partial charge in [0.1, 0.15) is 5.75 Å². The number of unbranched alkanes of at least 4 members (excludes halogenated alkanes) is 1. The van der Waals surface area contributed by atoms with E-state index in [9.17, 15) is 9.59 Å². The van der Waals surface area contributed by atoms with Crippen LogP contribution in [0.15, 0.2) is 54.6 Å². The quantitative estimate of drug-likeness (QED) is 0.540. The molecule has 2 aromatic carbocycles. The number of hydrogen-bond acceptors (Lipinski definition) is 3. The van der Waals surface area contributed by atoms with Crippen molar-refractivity contribution >= 4 is 18.0 Å². The molecule has 5 nitrogen and oxygen atoms in total. The summed E-state index contributed by atoms with van der Waals surface area (Å²) in [6.07, 6.45) is 7.43. The van der Waals surface area contributed by atoms with Gasteiger partial charge in [0.05, 0.1) is 12.7 Å². The maximum Gasteiger partial charge on any atom is 0.335 e. The highest BCUT2D eigenvalue weighted by Gasteiger charge is 2.09. The number of methoxy groups -OCH3 is 1. The lowest BCUT2D eigenvalue weighted by atomic mass is 9.92. The van der Waals surface area contributed by atoms with E-state index < -0.39 is 11.9 Å². The summed E-state index contributed by atoms with van der Waals surface area (Å²) in [6.45, 7) is 0. The average Bonchev–Trinajstić information content (AvgIpc) is 2.69. The van der Waals surface area contributed by atoms with E-state index in [0.717, 1.165) is 36.1 Å². The summed E-state index contributed by atoms with van der Waals surface area (Å²) < 4.78 is 5.38. The number of benzene rings is 2. The third-order valence-electron chi connectivity index (χ3n) is 4.60. The number of ether oxygens (including phenoxy) is 1. The van der Waals surface area contributed by atoms with Crippen molar-refractivity contribution in [1.82, 2.24) is 0 Å². The second-order valence-electron chi connectivity index (χ2n) is 6.71. The molecule has 148 valence electrons. The Hall–Kier alpha value is -3.08. The van der Waals surface area contributed by atoms with E-state index in [0.29, 0.717) is 6.42 Å². The molecule has 0 fully saturated rings. The Balaban J connectivity index is 2.10. The van der Waals surface area contributed by atoms with Crippen LogP contribution in [-0.4, -0.2) is 29.3 Å². The summed E-state index contributed by atoms with van der Waals surface area (Å²) in [5.74, 6) is -0.693. The molecule has 1 atom stereocenters. The zero-order valence-corrected chi connectivity index (χ0v) is 16.0. The van der Waals surface area contributed by atoms with Crippen LogP contribution < -0.4 is 4.74 Å². The van der Waals surface area contributed by atoms with Crippen molar-refractivity contribution in [3.05, 3.63) is 71.3 Å². The monoisotopic (exact) mass is 382 g/mol. The fourth-order valence-corrected chi connectivity index (χ4v) is 3.08. The van der Waals surface area contributed by atoms with Crippen molar-refractivity contribution in [1.29, 1.82) is 0 Å². The van der Waals surface area contributed by atoms with Gasteiger partial charge < -0.3 is 14.9 Å². The first kappa shape index (κ1) is 21.2. The van der Waals surface area contributed by atoms with Crippen LogP contribution in [0.4, 0.5) is 0 Å².